The first kappa shape index (κ1) is 17.0. The van der Waals surface area contributed by atoms with Gasteiger partial charge in [-0.3, -0.25) is 18.7 Å². The molecule has 0 spiro atoms. The topological polar surface area (TPSA) is 84.5 Å². The minimum absolute atomic E-state index is 0.400. The number of amides is 1. The summed E-state index contributed by atoms with van der Waals surface area (Å²) in [5, 5.41) is 8.71. The molecule has 0 unspecified atom stereocenters. The predicted molar refractivity (Wildman–Crippen MR) is 65.7 cm³/mol. The van der Waals surface area contributed by atoms with E-state index < -0.39 is 49.6 Å². The van der Waals surface area contributed by atoms with E-state index in [-0.39, 0.29) is 0 Å². The number of nitrogens with zero attached hydrogens (tertiary/aromatic N) is 3. The van der Waals surface area contributed by atoms with Gasteiger partial charge in [-0.05, 0) is 0 Å². The monoisotopic (exact) mass is 309 g/mol. The summed E-state index contributed by atoms with van der Waals surface area (Å²) < 4.78 is 38.6. The molecule has 1 aromatic rings. The minimum atomic E-state index is -4.61. The van der Waals surface area contributed by atoms with Gasteiger partial charge >= 0.3 is 11.9 Å². The Kier molecular flexibility index (Phi) is 5.30. The van der Waals surface area contributed by atoms with Crippen molar-refractivity contribution < 1.29 is 23.1 Å². The lowest BCUT2D eigenvalue weighted by atomic mass is 10.4. The Morgan fingerprint density at radius 3 is 2.52 bits per heavy atom. The number of hydrogen-bond acceptors (Lipinski definition) is 4. The first-order valence-corrected chi connectivity index (χ1v) is 5.87. The SMILES string of the molecule is Cn1c(=O)ccn(CC(=O)N(CCO)CC(F)(F)F)c1=O. The van der Waals surface area contributed by atoms with Crippen LogP contribution in [0.4, 0.5) is 13.2 Å². The molecule has 1 rings (SSSR count). The molecule has 118 valence electrons. The van der Waals surface area contributed by atoms with Gasteiger partial charge in [0, 0.05) is 25.9 Å². The normalized spacial score (nSPS) is 11.5. The number of hydrogen-bond donors (Lipinski definition) is 1. The molecule has 0 fully saturated rings. The molecule has 0 aliphatic heterocycles. The van der Waals surface area contributed by atoms with Crippen LogP contribution < -0.4 is 11.2 Å². The zero-order valence-corrected chi connectivity index (χ0v) is 11.1. The molecule has 0 saturated carbocycles. The van der Waals surface area contributed by atoms with Crippen LogP contribution in [0, 0.1) is 0 Å². The summed E-state index contributed by atoms with van der Waals surface area (Å²) >= 11 is 0. The molecule has 1 heterocycles. The van der Waals surface area contributed by atoms with Crippen LogP contribution in [0.1, 0.15) is 0 Å². The van der Waals surface area contributed by atoms with Crippen molar-refractivity contribution in [3.8, 4) is 0 Å². The summed E-state index contributed by atoms with van der Waals surface area (Å²) in [5.74, 6) is -0.984. The molecule has 0 aliphatic carbocycles. The quantitative estimate of drug-likeness (QED) is 0.751. The molecule has 0 aliphatic rings. The standard InChI is InChI=1S/C11H14F3N3O4/c1-15-8(19)2-3-16(10(15)21)6-9(20)17(4-5-18)7-11(12,13)14/h2-3,18H,4-7H2,1H3. The van der Waals surface area contributed by atoms with Gasteiger partial charge in [0.25, 0.3) is 5.56 Å². The molecule has 0 atom stereocenters. The Balaban J connectivity index is 2.94. The Morgan fingerprint density at radius 1 is 1.38 bits per heavy atom. The van der Waals surface area contributed by atoms with Crippen LogP contribution in [-0.2, 0) is 18.4 Å². The van der Waals surface area contributed by atoms with Gasteiger partial charge in [-0.25, -0.2) is 4.79 Å². The molecule has 10 heteroatoms. The van der Waals surface area contributed by atoms with E-state index in [0.29, 0.717) is 4.90 Å². The first-order valence-electron chi connectivity index (χ1n) is 5.87. The first-order chi connectivity index (χ1) is 9.65. The van der Waals surface area contributed by atoms with Gasteiger partial charge < -0.3 is 10.0 Å². The van der Waals surface area contributed by atoms with Gasteiger partial charge in [-0.2, -0.15) is 13.2 Å². The maximum atomic E-state index is 12.3. The van der Waals surface area contributed by atoms with Crippen molar-refractivity contribution in [1.82, 2.24) is 14.0 Å². The predicted octanol–water partition coefficient (Wildman–Crippen LogP) is -1.07. The van der Waals surface area contributed by atoms with E-state index in [1.54, 1.807) is 0 Å². The zero-order chi connectivity index (χ0) is 16.2. The maximum absolute atomic E-state index is 12.3. The fourth-order valence-electron chi connectivity index (χ4n) is 1.61. The summed E-state index contributed by atoms with van der Waals surface area (Å²) in [6.07, 6.45) is -3.58. The van der Waals surface area contributed by atoms with Crippen LogP contribution in [0.3, 0.4) is 0 Å². The van der Waals surface area contributed by atoms with E-state index in [1.165, 1.54) is 7.05 Å². The van der Waals surface area contributed by atoms with Crippen LogP contribution in [0.15, 0.2) is 21.9 Å². The average Bonchev–Trinajstić information content (AvgIpc) is 2.37. The lowest BCUT2D eigenvalue weighted by Gasteiger charge is -2.23. The third-order valence-corrected chi connectivity index (χ3v) is 2.66. The van der Waals surface area contributed by atoms with Crippen LogP contribution in [0.2, 0.25) is 0 Å². The lowest BCUT2D eigenvalue weighted by molar-refractivity contribution is -0.162. The van der Waals surface area contributed by atoms with Gasteiger partial charge in [0.1, 0.15) is 13.1 Å². The highest BCUT2D eigenvalue weighted by molar-refractivity contribution is 5.76. The second kappa shape index (κ2) is 6.57. The second-order valence-electron chi connectivity index (χ2n) is 4.28. The third kappa shape index (κ3) is 4.74. The van der Waals surface area contributed by atoms with Gasteiger partial charge in [-0.1, -0.05) is 0 Å². The van der Waals surface area contributed by atoms with Crippen molar-refractivity contribution in [3.63, 3.8) is 0 Å². The van der Waals surface area contributed by atoms with E-state index in [1.807, 2.05) is 0 Å². The van der Waals surface area contributed by atoms with Gasteiger partial charge in [-0.15, -0.1) is 0 Å². The van der Waals surface area contributed by atoms with E-state index in [4.69, 9.17) is 5.11 Å². The molecule has 1 amide bonds. The highest BCUT2D eigenvalue weighted by Gasteiger charge is 2.32. The largest absolute Gasteiger partial charge is 0.406 e. The van der Waals surface area contributed by atoms with Crippen molar-refractivity contribution >= 4 is 5.91 Å². The number of aromatic nitrogens is 2. The molecule has 0 aromatic carbocycles. The molecule has 0 bridgehead atoms. The number of carbonyl (C=O) groups is 1. The average molecular weight is 309 g/mol. The van der Waals surface area contributed by atoms with Crippen molar-refractivity contribution in [2.24, 2.45) is 7.05 Å². The molecular weight excluding hydrogens is 295 g/mol. The number of aliphatic hydroxyl groups is 1. The van der Waals surface area contributed by atoms with Crippen LogP contribution in [0.25, 0.3) is 0 Å². The van der Waals surface area contributed by atoms with Crippen LogP contribution in [-0.4, -0.2) is 50.9 Å². The lowest BCUT2D eigenvalue weighted by Crippen LogP contribution is -2.45. The molecular formula is C11H14F3N3O4. The van der Waals surface area contributed by atoms with Gasteiger partial charge in [0.05, 0.1) is 6.61 Å². The highest BCUT2D eigenvalue weighted by Crippen LogP contribution is 2.16. The van der Waals surface area contributed by atoms with Crippen molar-refractivity contribution in [3.05, 3.63) is 33.1 Å². The summed E-state index contributed by atoms with van der Waals surface area (Å²) in [5.41, 5.74) is -1.40. The fraction of sp³-hybridized carbons (Fsp3) is 0.545. The van der Waals surface area contributed by atoms with E-state index >= 15 is 0 Å². The molecule has 0 saturated heterocycles. The molecule has 7 nitrogen and oxygen atoms in total. The Bertz CT molecular complexity index is 620. The summed E-state index contributed by atoms with van der Waals surface area (Å²) in [6.45, 7) is -3.31. The zero-order valence-electron chi connectivity index (χ0n) is 11.1. The number of carbonyl (C=O) groups excluding carboxylic acids is 1. The molecule has 21 heavy (non-hydrogen) atoms. The number of alkyl halides is 3. The van der Waals surface area contributed by atoms with E-state index in [2.05, 4.69) is 0 Å². The molecule has 1 N–H and O–H groups in total. The number of halogens is 3. The minimum Gasteiger partial charge on any atom is -0.395 e. The Morgan fingerprint density at radius 2 is 2.00 bits per heavy atom. The summed E-state index contributed by atoms with van der Waals surface area (Å²) in [4.78, 5) is 35.0. The van der Waals surface area contributed by atoms with Crippen LogP contribution in [0.5, 0.6) is 0 Å². The highest BCUT2D eigenvalue weighted by atomic mass is 19.4. The van der Waals surface area contributed by atoms with Gasteiger partial charge in [0.15, 0.2) is 0 Å². The Hall–Kier alpha value is -2.10. The van der Waals surface area contributed by atoms with Crippen molar-refractivity contribution in [1.29, 1.82) is 0 Å². The summed E-state index contributed by atoms with van der Waals surface area (Å²) in [6, 6.07) is 1.02. The fourth-order valence-corrected chi connectivity index (χ4v) is 1.61. The number of rotatable bonds is 5. The summed E-state index contributed by atoms with van der Waals surface area (Å²) in [7, 11) is 1.19. The molecule has 1 aromatic heterocycles. The van der Waals surface area contributed by atoms with E-state index in [9.17, 15) is 27.6 Å². The van der Waals surface area contributed by atoms with E-state index in [0.717, 1.165) is 21.4 Å². The smallest absolute Gasteiger partial charge is 0.395 e. The van der Waals surface area contributed by atoms with Crippen molar-refractivity contribution in [2.75, 3.05) is 19.7 Å². The molecule has 0 radical (unpaired) electrons. The van der Waals surface area contributed by atoms with Crippen molar-refractivity contribution in [2.45, 2.75) is 12.7 Å². The van der Waals surface area contributed by atoms with Gasteiger partial charge in [0.2, 0.25) is 5.91 Å². The number of aliphatic hydroxyl groups excluding tert-OH is 1. The Labute approximate surface area is 116 Å². The third-order valence-electron chi connectivity index (χ3n) is 2.66. The van der Waals surface area contributed by atoms with Crippen LogP contribution >= 0.6 is 0 Å². The second-order valence-corrected chi connectivity index (χ2v) is 4.28. The maximum Gasteiger partial charge on any atom is 0.406 e.